The van der Waals surface area contributed by atoms with Crippen molar-refractivity contribution in [1.82, 2.24) is 10.6 Å². The minimum Gasteiger partial charge on any atom is -0.488 e. The first kappa shape index (κ1) is 17.4. The molecule has 0 spiro atoms. The lowest BCUT2D eigenvalue weighted by molar-refractivity contribution is 0.222. The van der Waals surface area contributed by atoms with Gasteiger partial charge in [0.1, 0.15) is 17.6 Å². The van der Waals surface area contributed by atoms with Crippen molar-refractivity contribution in [2.75, 3.05) is 20.1 Å². The summed E-state index contributed by atoms with van der Waals surface area (Å²) in [6, 6.07) is 11.7. The molecule has 5 nitrogen and oxygen atoms in total. The van der Waals surface area contributed by atoms with Crippen molar-refractivity contribution in [1.29, 1.82) is 0 Å². The summed E-state index contributed by atoms with van der Waals surface area (Å²) < 4.78 is 12.1. The second-order valence-electron chi connectivity index (χ2n) is 5.07. The van der Waals surface area contributed by atoms with E-state index in [0.717, 1.165) is 34.9 Å². The molecule has 1 heterocycles. The number of hydrogen-bond donors (Lipinski definition) is 2. The van der Waals surface area contributed by atoms with E-state index in [1.54, 1.807) is 13.3 Å². The van der Waals surface area contributed by atoms with Gasteiger partial charge in [0.2, 0.25) is 0 Å². The first-order valence-corrected chi connectivity index (χ1v) is 8.36. The Kier molecular flexibility index (Phi) is 7.00. The third-order valence-corrected chi connectivity index (χ3v) is 3.84. The van der Waals surface area contributed by atoms with E-state index in [-0.39, 0.29) is 6.10 Å². The molecule has 0 aliphatic carbocycles. The van der Waals surface area contributed by atoms with Gasteiger partial charge in [-0.05, 0) is 47.1 Å². The highest BCUT2D eigenvalue weighted by Gasteiger charge is 2.08. The van der Waals surface area contributed by atoms with E-state index in [4.69, 9.17) is 9.15 Å². The third-order valence-electron chi connectivity index (χ3n) is 3.19. The van der Waals surface area contributed by atoms with E-state index < -0.39 is 0 Å². The van der Waals surface area contributed by atoms with Crippen molar-refractivity contribution in [2.45, 2.75) is 19.4 Å². The van der Waals surface area contributed by atoms with Crippen LogP contribution in [-0.4, -0.2) is 32.2 Å². The van der Waals surface area contributed by atoms with Gasteiger partial charge in [0.15, 0.2) is 5.96 Å². The van der Waals surface area contributed by atoms with Crippen LogP contribution >= 0.6 is 15.9 Å². The van der Waals surface area contributed by atoms with E-state index in [1.165, 1.54) is 0 Å². The largest absolute Gasteiger partial charge is 0.488 e. The molecule has 0 saturated carbocycles. The van der Waals surface area contributed by atoms with Gasteiger partial charge in [0.25, 0.3) is 0 Å². The summed E-state index contributed by atoms with van der Waals surface area (Å²) in [6.45, 7) is 3.43. The molecule has 6 heteroatoms. The topological polar surface area (TPSA) is 58.8 Å². The lowest BCUT2D eigenvalue weighted by Crippen LogP contribution is -2.42. The van der Waals surface area contributed by atoms with E-state index in [2.05, 4.69) is 31.6 Å². The lowest BCUT2D eigenvalue weighted by Gasteiger charge is -2.18. The van der Waals surface area contributed by atoms with Crippen LogP contribution in [0.2, 0.25) is 0 Å². The summed E-state index contributed by atoms with van der Waals surface area (Å²) in [7, 11) is 1.75. The summed E-state index contributed by atoms with van der Waals surface area (Å²) in [5.41, 5.74) is 0. The normalized spacial score (nSPS) is 12.7. The number of para-hydroxylation sites is 1. The van der Waals surface area contributed by atoms with E-state index >= 15 is 0 Å². The van der Waals surface area contributed by atoms with Gasteiger partial charge in [-0.1, -0.05) is 12.1 Å². The maximum absolute atomic E-state index is 5.90. The van der Waals surface area contributed by atoms with Crippen molar-refractivity contribution >= 4 is 21.9 Å². The number of halogens is 1. The molecule has 1 aromatic heterocycles. The van der Waals surface area contributed by atoms with Gasteiger partial charge in [-0.3, -0.25) is 4.99 Å². The van der Waals surface area contributed by atoms with Crippen LogP contribution in [0.25, 0.3) is 0 Å². The zero-order valence-corrected chi connectivity index (χ0v) is 15.0. The van der Waals surface area contributed by atoms with Crippen LogP contribution in [0.4, 0.5) is 0 Å². The summed E-state index contributed by atoms with van der Waals surface area (Å²) in [4.78, 5) is 4.20. The van der Waals surface area contributed by atoms with Crippen molar-refractivity contribution in [2.24, 2.45) is 4.99 Å². The molecule has 1 atom stereocenters. The third kappa shape index (κ3) is 5.98. The molecule has 0 amide bonds. The molecule has 2 aromatic rings. The van der Waals surface area contributed by atoms with Crippen molar-refractivity contribution in [3.8, 4) is 5.75 Å². The van der Waals surface area contributed by atoms with Gasteiger partial charge in [-0.25, -0.2) is 0 Å². The molecular formula is C17H22BrN3O2. The maximum atomic E-state index is 5.90. The van der Waals surface area contributed by atoms with Crippen LogP contribution in [0.1, 0.15) is 12.7 Å². The quantitative estimate of drug-likeness (QED) is 0.572. The number of furan rings is 1. The number of nitrogens with zero attached hydrogens (tertiary/aromatic N) is 1. The van der Waals surface area contributed by atoms with Crippen molar-refractivity contribution < 1.29 is 9.15 Å². The van der Waals surface area contributed by atoms with Crippen molar-refractivity contribution in [3.63, 3.8) is 0 Å². The molecule has 0 bridgehead atoms. The Hall–Kier alpha value is -1.95. The summed E-state index contributed by atoms with van der Waals surface area (Å²) in [6.07, 6.45) is 2.51. The lowest BCUT2D eigenvalue weighted by atomic mass is 10.3. The predicted octanol–water partition coefficient (Wildman–Crippen LogP) is 3.22. The molecule has 0 saturated heterocycles. The van der Waals surface area contributed by atoms with Crippen LogP contribution in [-0.2, 0) is 6.42 Å². The van der Waals surface area contributed by atoms with Gasteiger partial charge in [0.05, 0.1) is 17.3 Å². The van der Waals surface area contributed by atoms with Gasteiger partial charge >= 0.3 is 0 Å². The number of aliphatic imine (C=N–C) groups is 1. The first-order chi connectivity index (χ1) is 11.2. The summed E-state index contributed by atoms with van der Waals surface area (Å²) in [5.74, 6) is 2.54. The molecule has 124 valence electrons. The molecule has 0 fully saturated rings. The first-order valence-electron chi connectivity index (χ1n) is 7.57. The predicted molar refractivity (Wildman–Crippen MR) is 96.0 cm³/mol. The van der Waals surface area contributed by atoms with Gasteiger partial charge in [-0.15, -0.1) is 0 Å². The fourth-order valence-electron chi connectivity index (χ4n) is 2.02. The molecule has 0 aliphatic rings. The van der Waals surface area contributed by atoms with E-state index in [1.807, 2.05) is 43.3 Å². The SMILES string of the molecule is CN=C(NCCc1ccco1)NCC(C)Oc1ccccc1Br. The zero-order valence-electron chi connectivity index (χ0n) is 13.4. The second kappa shape index (κ2) is 9.25. The highest BCUT2D eigenvalue weighted by Crippen LogP contribution is 2.24. The molecule has 0 radical (unpaired) electrons. The molecule has 2 N–H and O–H groups in total. The number of rotatable bonds is 7. The molecule has 2 rings (SSSR count). The molecule has 23 heavy (non-hydrogen) atoms. The number of benzene rings is 1. The van der Waals surface area contributed by atoms with Crippen molar-refractivity contribution in [3.05, 3.63) is 52.9 Å². The minimum absolute atomic E-state index is 0.0114. The fraction of sp³-hybridized carbons (Fsp3) is 0.353. The van der Waals surface area contributed by atoms with Crippen LogP contribution in [0.15, 0.2) is 56.5 Å². The molecule has 1 unspecified atom stereocenters. The average Bonchev–Trinajstić information content (AvgIpc) is 3.06. The highest BCUT2D eigenvalue weighted by atomic mass is 79.9. The van der Waals surface area contributed by atoms with Gasteiger partial charge in [-0.2, -0.15) is 0 Å². The second-order valence-corrected chi connectivity index (χ2v) is 5.92. The average molecular weight is 380 g/mol. The zero-order chi connectivity index (χ0) is 16.5. The molecular weight excluding hydrogens is 358 g/mol. The Morgan fingerprint density at radius 3 is 2.78 bits per heavy atom. The Balaban J connectivity index is 1.71. The number of guanidine groups is 1. The van der Waals surface area contributed by atoms with Crippen LogP contribution in [0.3, 0.4) is 0 Å². The van der Waals surface area contributed by atoms with E-state index in [0.29, 0.717) is 6.54 Å². The molecule has 0 aliphatic heterocycles. The molecule has 1 aromatic carbocycles. The fourth-order valence-corrected chi connectivity index (χ4v) is 2.40. The Labute approximate surface area is 145 Å². The standard InChI is InChI=1S/C17H22BrN3O2/c1-13(23-16-8-4-3-7-15(16)18)12-21-17(19-2)20-10-9-14-6-5-11-22-14/h3-8,11,13H,9-10,12H2,1-2H3,(H2,19,20,21). The maximum Gasteiger partial charge on any atom is 0.191 e. The van der Waals surface area contributed by atoms with Gasteiger partial charge < -0.3 is 19.8 Å². The summed E-state index contributed by atoms with van der Waals surface area (Å²) >= 11 is 3.48. The highest BCUT2D eigenvalue weighted by molar-refractivity contribution is 9.10. The monoisotopic (exact) mass is 379 g/mol. The Morgan fingerprint density at radius 2 is 2.09 bits per heavy atom. The minimum atomic E-state index is 0.0114. The van der Waals surface area contributed by atoms with Crippen LogP contribution in [0.5, 0.6) is 5.75 Å². The van der Waals surface area contributed by atoms with Crippen LogP contribution < -0.4 is 15.4 Å². The number of hydrogen-bond acceptors (Lipinski definition) is 3. The number of nitrogens with one attached hydrogen (secondary N) is 2. The van der Waals surface area contributed by atoms with Gasteiger partial charge in [0, 0.05) is 20.0 Å². The van der Waals surface area contributed by atoms with E-state index in [9.17, 15) is 0 Å². The summed E-state index contributed by atoms with van der Waals surface area (Å²) in [5, 5.41) is 6.51. The Morgan fingerprint density at radius 1 is 1.26 bits per heavy atom. The van der Waals surface area contributed by atoms with Crippen LogP contribution in [0, 0.1) is 0 Å². The Bertz CT molecular complexity index is 614. The number of ether oxygens (including phenoxy) is 1. The smallest absolute Gasteiger partial charge is 0.191 e.